The van der Waals surface area contributed by atoms with Crippen LogP contribution in [0.2, 0.25) is 0 Å². The Morgan fingerprint density at radius 3 is 2.90 bits per heavy atom. The van der Waals surface area contributed by atoms with E-state index in [2.05, 4.69) is 29.2 Å². The number of esters is 1. The highest BCUT2D eigenvalue weighted by molar-refractivity contribution is 7.10. The van der Waals surface area contributed by atoms with Gasteiger partial charge in [0.05, 0.1) is 12.2 Å². The quantitative estimate of drug-likeness (QED) is 0.810. The van der Waals surface area contributed by atoms with Crippen LogP contribution >= 0.6 is 11.3 Å². The molecule has 3 nitrogen and oxygen atoms in total. The van der Waals surface area contributed by atoms with Crippen LogP contribution in [0.4, 0.5) is 0 Å². The molecule has 3 rings (SSSR count). The van der Waals surface area contributed by atoms with Crippen molar-refractivity contribution in [3.8, 4) is 0 Å². The first-order valence-electron chi connectivity index (χ1n) is 7.30. The molecule has 1 aliphatic heterocycles. The lowest BCUT2D eigenvalue weighted by molar-refractivity contribution is 0.0524. The monoisotopic (exact) mass is 301 g/mol. The molecule has 0 N–H and O–H groups in total. The van der Waals surface area contributed by atoms with Gasteiger partial charge in [-0.3, -0.25) is 4.90 Å². The van der Waals surface area contributed by atoms with Gasteiger partial charge in [0, 0.05) is 29.9 Å². The van der Waals surface area contributed by atoms with Gasteiger partial charge in [-0.1, -0.05) is 30.3 Å². The molecule has 2 heterocycles. The van der Waals surface area contributed by atoms with Crippen LogP contribution in [-0.2, 0) is 24.2 Å². The highest BCUT2D eigenvalue weighted by atomic mass is 32.1. The van der Waals surface area contributed by atoms with E-state index in [4.69, 9.17) is 4.74 Å². The van der Waals surface area contributed by atoms with Crippen LogP contribution in [0.3, 0.4) is 0 Å². The first-order chi connectivity index (χ1) is 10.3. The molecule has 110 valence electrons. The topological polar surface area (TPSA) is 29.5 Å². The highest BCUT2D eigenvalue weighted by Gasteiger charge is 2.24. The number of carbonyl (C=O) groups excluding carboxylic acids is 1. The number of hydrogen-bond acceptors (Lipinski definition) is 4. The summed E-state index contributed by atoms with van der Waals surface area (Å²) in [5, 5.41) is 1.95. The fourth-order valence-electron chi connectivity index (χ4n) is 2.72. The maximum atomic E-state index is 12.0. The summed E-state index contributed by atoms with van der Waals surface area (Å²) in [7, 11) is 0. The van der Waals surface area contributed by atoms with Gasteiger partial charge in [-0.25, -0.2) is 4.79 Å². The minimum atomic E-state index is -0.184. The van der Waals surface area contributed by atoms with Gasteiger partial charge in [0.2, 0.25) is 0 Å². The number of benzene rings is 1. The van der Waals surface area contributed by atoms with Crippen molar-refractivity contribution in [2.45, 2.75) is 26.4 Å². The van der Waals surface area contributed by atoms with Gasteiger partial charge < -0.3 is 4.74 Å². The van der Waals surface area contributed by atoms with Crippen LogP contribution < -0.4 is 0 Å². The van der Waals surface area contributed by atoms with Crippen LogP contribution in [0.1, 0.15) is 33.3 Å². The van der Waals surface area contributed by atoms with Crippen LogP contribution in [-0.4, -0.2) is 24.0 Å². The van der Waals surface area contributed by atoms with E-state index in [-0.39, 0.29) is 5.97 Å². The molecular formula is C17H19NO2S. The largest absolute Gasteiger partial charge is 0.462 e. The second kappa shape index (κ2) is 6.41. The molecule has 1 aromatic heterocycles. The molecule has 21 heavy (non-hydrogen) atoms. The van der Waals surface area contributed by atoms with Crippen molar-refractivity contribution in [2.75, 3.05) is 13.2 Å². The third-order valence-electron chi connectivity index (χ3n) is 3.76. The third kappa shape index (κ3) is 3.17. The van der Waals surface area contributed by atoms with Crippen LogP contribution in [0.5, 0.6) is 0 Å². The summed E-state index contributed by atoms with van der Waals surface area (Å²) in [5.74, 6) is -0.184. The Morgan fingerprint density at radius 2 is 2.14 bits per heavy atom. The standard InChI is InChI=1S/C17H19NO2S/c1-2-20-17(19)15-12-21-16-8-9-18(11-14(15)16)10-13-6-4-3-5-7-13/h3-7,12H,2,8-11H2,1H3. The molecule has 1 aromatic carbocycles. The second-order valence-corrected chi connectivity index (χ2v) is 6.18. The van der Waals surface area contributed by atoms with E-state index in [1.165, 1.54) is 16.0 Å². The van der Waals surface area contributed by atoms with Gasteiger partial charge in [-0.15, -0.1) is 11.3 Å². The molecular weight excluding hydrogens is 282 g/mol. The summed E-state index contributed by atoms with van der Waals surface area (Å²) < 4.78 is 5.16. The molecule has 0 radical (unpaired) electrons. The number of nitrogens with zero attached hydrogens (tertiary/aromatic N) is 1. The molecule has 0 saturated carbocycles. The lowest BCUT2D eigenvalue weighted by Crippen LogP contribution is -2.30. The molecule has 0 spiro atoms. The van der Waals surface area contributed by atoms with Gasteiger partial charge in [0.15, 0.2) is 0 Å². The number of hydrogen-bond donors (Lipinski definition) is 0. The van der Waals surface area contributed by atoms with E-state index in [9.17, 15) is 4.79 Å². The maximum absolute atomic E-state index is 12.0. The Kier molecular flexibility index (Phi) is 4.36. The molecule has 0 atom stereocenters. The fourth-order valence-corrected chi connectivity index (χ4v) is 3.75. The van der Waals surface area contributed by atoms with Gasteiger partial charge in [-0.05, 0) is 24.5 Å². The number of thiophene rings is 1. The molecule has 4 heteroatoms. The first-order valence-corrected chi connectivity index (χ1v) is 8.18. The normalized spacial score (nSPS) is 14.7. The molecule has 1 aliphatic rings. The van der Waals surface area contributed by atoms with Gasteiger partial charge in [0.25, 0.3) is 0 Å². The van der Waals surface area contributed by atoms with Gasteiger partial charge in [0.1, 0.15) is 0 Å². The molecule has 0 amide bonds. The Morgan fingerprint density at radius 1 is 1.33 bits per heavy atom. The third-order valence-corrected chi connectivity index (χ3v) is 4.85. The van der Waals surface area contributed by atoms with E-state index < -0.39 is 0 Å². The predicted molar refractivity (Wildman–Crippen MR) is 84.5 cm³/mol. The summed E-state index contributed by atoms with van der Waals surface area (Å²) in [5.41, 5.74) is 3.24. The van der Waals surface area contributed by atoms with Crippen molar-refractivity contribution in [1.29, 1.82) is 0 Å². The fraction of sp³-hybridized carbons (Fsp3) is 0.353. The first kappa shape index (κ1) is 14.3. The Hall–Kier alpha value is -1.65. The summed E-state index contributed by atoms with van der Waals surface area (Å²) >= 11 is 1.69. The van der Waals surface area contributed by atoms with E-state index >= 15 is 0 Å². The predicted octanol–water partition coefficient (Wildman–Crippen LogP) is 3.48. The van der Waals surface area contributed by atoms with Crippen LogP contribution in [0.15, 0.2) is 35.7 Å². The minimum Gasteiger partial charge on any atom is -0.462 e. The van der Waals surface area contributed by atoms with Crippen molar-refractivity contribution in [1.82, 2.24) is 4.90 Å². The van der Waals surface area contributed by atoms with Crippen molar-refractivity contribution in [3.63, 3.8) is 0 Å². The zero-order valence-electron chi connectivity index (χ0n) is 12.2. The van der Waals surface area contributed by atoms with Crippen molar-refractivity contribution < 1.29 is 9.53 Å². The van der Waals surface area contributed by atoms with Crippen molar-refractivity contribution in [2.24, 2.45) is 0 Å². The molecule has 0 fully saturated rings. The van der Waals surface area contributed by atoms with E-state index in [1.54, 1.807) is 11.3 Å². The van der Waals surface area contributed by atoms with E-state index in [1.807, 2.05) is 18.4 Å². The minimum absolute atomic E-state index is 0.184. The maximum Gasteiger partial charge on any atom is 0.339 e. The lowest BCUT2D eigenvalue weighted by Gasteiger charge is -2.27. The number of ether oxygens (including phenoxy) is 1. The van der Waals surface area contributed by atoms with E-state index in [0.717, 1.165) is 31.6 Å². The van der Waals surface area contributed by atoms with Crippen molar-refractivity contribution >= 4 is 17.3 Å². The number of rotatable bonds is 4. The smallest absolute Gasteiger partial charge is 0.339 e. The summed E-state index contributed by atoms with van der Waals surface area (Å²) in [6.07, 6.45) is 1.02. The summed E-state index contributed by atoms with van der Waals surface area (Å²) in [6.45, 7) is 5.08. The molecule has 0 bridgehead atoms. The second-order valence-electron chi connectivity index (χ2n) is 5.22. The summed E-state index contributed by atoms with van der Waals surface area (Å²) in [4.78, 5) is 15.7. The Labute approximate surface area is 129 Å². The Balaban J connectivity index is 1.75. The highest BCUT2D eigenvalue weighted by Crippen LogP contribution is 2.29. The zero-order chi connectivity index (χ0) is 14.7. The zero-order valence-corrected chi connectivity index (χ0v) is 13.0. The van der Waals surface area contributed by atoms with Gasteiger partial charge >= 0.3 is 5.97 Å². The van der Waals surface area contributed by atoms with Crippen molar-refractivity contribution in [3.05, 3.63) is 57.3 Å². The molecule has 0 aliphatic carbocycles. The van der Waals surface area contributed by atoms with E-state index in [0.29, 0.717) is 6.61 Å². The lowest BCUT2D eigenvalue weighted by atomic mass is 10.0. The number of fused-ring (bicyclic) bond motifs is 1. The summed E-state index contributed by atoms with van der Waals surface area (Å²) in [6, 6.07) is 10.5. The van der Waals surface area contributed by atoms with Gasteiger partial charge in [-0.2, -0.15) is 0 Å². The Bertz CT molecular complexity index is 621. The average Bonchev–Trinajstić information content (AvgIpc) is 2.92. The van der Waals surface area contributed by atoms with Crippen LogP contribution in [0, 0.1) is 0 Å². The molecule has 0 saturated heterocycles. The van der Waals surface area contributed by atoms with Crippen LogP contribution in [0.25, 0.3) is 0 Å². The average molecular weight is 301 g/mol. The molecule has 0 unspecified atom stereocenters. The number of carbonyl (C=O) groups is 1. The SMILES string of the molecule is CCOC(=O)c1csc2c1CN(Cc1ccccc1)CC2. The molecule has 2 aromatic rings.